The van der Waals surface area contributed by atoms with E-state index in [9.17, 15) is 0 Å². The van der Waals surface area contributed by atoms with Crippen LogP contribution in [0.3, 0.4) is 0 Å². The van der Waals surface area contributed by atoms with Crippen molar-refractivity contribution in [3.05, 3.63) is 25.3 Å². The lowest BCUT2D eigenvalue weighted by atomic mass is 10.5. The van der Waals surface area contributed by atoms with Crippen LogP contribution in [0.2, 0.25) is 0 Å². The van der Waals surface area contributed by atoms with Gasteiger partial charge in [-0.3, -0.25) is 4.57 Å². The van der Waals surface area contributed by atoms with Gasteiger partial charge in [0.15, 0.2) is 11.5 Å². The minimum atomic E-state index is 0.117. The van der Waals surface area contributed by atoms with Gasteiger partial charge in [0, 0.05) is 0 Å². The molecule has 72 valence electrons. The molecule has 0 aliphatic carbocycles. The van der Waals surface area contributed by atoms with Crippen LogP contribution in [-0.4, -0.2) is 19.5 Å². The lowest BCUT2D eigenvalue weighted by Crippen LogP contribution is -1.99. The third-order valence-corrected chi connectivity index (χ3v) is 2.96. The van der Waals surface area contributed by atoms with Gasteiger partial charge in [-0.05, 0) is 0 Å². The first-order valence-corrected chi connectivity index (χ1v) is 5.18. The summed E-state index contributed by atoms with van der Waals surface area (Å²) in [4.78, 5) is 12.1. The fraction of sp³-hybridized carbons (Fsp3) is 0.125. The first-order valence-electron chi connectivity index (χ1n) is 3.93. The van der Waals surface area contributed by atoms with Crippen molar-refractivity contribution in [2.75, 3.05) is 5.73 Å². The summed E-state index contributed by atoms with van der Waals surface area (Å²) in [5.74, 6) is 0.404. The topological polar surface area (TPSA) is 69.6 Å². The molecule has 5 nitrogen and oxygen atoms in total. The first kappa shape index (κ1) is 9.38. The maximum atomic E-state index is 5.66. The number of nitrogen functional groups attached to an aromatic ring is 1. The summed E-state index contributed by atoms with van der Waals surface area (Å²) >= 11 is 2.23. The van der Waals surface area contributed by atoms with Gasteiger partial charge in [0.2, 0.25) is 0 Å². The molecule has 0 saturated heterocycles. The van der Waals surface area contributed by atoms with Gasteiger partial charge in [0.1, 0.15) is 15.9 Å². The number of fused-ring (bicyclic) bond motifs is 1. The van der Waals surface area contributed by atoms with Crippen molar-refractivity contribution in [3.8, 4) is 0 Å². The summed E-state index contributed by atoms with van der Waals surface area (Å²) in [6.07, 6.45) is 4.93. The molecule has 6 heteroatoms. The summed E-state index contributed by atoms with van der Waals surface area (Å²) in [5, 5.41) is 0. The van der Waals surface area contributed by atoms with Crippen LogP contribution in [-0.2, 0) is 0 Å². The van der Waals surface area contributed by atoms with Gasteiger partial charge in [-0.25, -0.2) is 15.0 Å². The molecule has 2 heterocycles. The standard InChI is InChI=1S/C8H8IN5/c1-2-5(9)14-4-13-6-7(10)11-3-12-8(6)14/h2-5H,1H2,(H2,10,11,12). The predicted molar refractivity (Wildman–Crippen MR) is 63.0 cm³/mol. The molecule has 0 radical (unpaired) electrons. The highest BCUT2D eigenvalue weighted by atomic mass is 127. The van der Waals surface area contributed by atoms with Crippen LogP contribution in [0.5, 0.6) is 0 Å². The molecule has 0 spiro atoms. The van der Waals surface area contributed by atoms with E-state index in [4.69, 9.17) is 5.73 Å². The van der Waals surface area contributed by atoms with Gasteiger partial charge in [-0.15, -0.1) is 6.58 Å². The molecule has 0 aliphatic heterocycles. The number of rotatable bonds is 2. The second kappa shape index (κ2) is 3.52. The van der Waals surface area contributed by atoms with Crippen molar-refractivity contribution in [3.63, 3.8) is 0 Å². The number of imidazole rings is 1. The molecule has 1 unspecified atom stereocenters. The molecule has 2 aromatic heterocycles. The van der Waals surface area contributed by atoms with Gasteiger partial charge < -0.3 is 5.73 Å². The summed E-state index contributed by atoms with van der Waals surface area (Å²) in [6, 6.07) is 0. The van der Waals surface area contributed by atoms with E-state index < -0.39 is 0 Å². The molecule has 2 aromatic rings. The number of anilines is 1. The van der Waals surface area contributed by atoms with Crippen molar-refractivity contribution in [1.82, 2.24) is 19.5 Å². The van der Waals surface area contributed by atoms with Gasteiger partial charge in [-0.1, -0.05) is 28.7 Å². The predicted octanol–water partition coefficient (Wildman–Crippen LogP) is 1.53. The van der Waals surface area contributed by atoms with Gasteiger partial charge in [0.05, 0.1) is 6.33 Å². The van der Waals surface area contributed by atoms with Crippen molar-refractivity contribution in [1.29, 1.82) is 0 Å². The van der Waals surface area contributed by atoms with E-state index in [1.807, 2.05) is 4.57 Å². The SMILES string of the molecule is C=CC(I)n1cnc2c(N)ncnc21. The Bertz CT molecular complexity index is 478. The molecular formula is C8H8IN5. The zero-order valence-electron chi connectivity index (χ0n) is 7.26. The average molecular weight is 301 g/mol. The van der Waals surface area contributed by atoms with Gasteiger partial charge >= 0.3 is 0 Å². The number of halogens is 1. The number of alkyl halides is 1. The lowest BCUT2D eigenvalue weighted by Gasteiger charge is -2.05. The van der Waals surface area contributed by atoms with Crippen molar-refractivity contribution in [2.45, 2.75) is 4.05 Å². The second-order valence-corrected chi connectivity index (χ2v) is 3.97. The Morgan fingerprint density at radius 3 is 3.00 bits per heavy atom. The largest absolute Gasteiger partial charge is 0.382 e. The third-order valence-electron chi connectivity index (χ3n) is 1.85. The molecule has 0 saturated carbocycles. The Kier molecular flexibility index (Phi) is 2.36. The van der Waals surface area contributed by atoms with E-state index in [1.165, 1.54) is 6.33 Å². The molecule has 1 atom stereocenters. The highest BCUT2D eigenvalue weighted by molar-refractivity contribution is 14.1. The Morgan fingerprint density at radius 2 is 2.29 bits per heavy atom. The van der Waals surface area contributed by atoms with E-state index >= 15 is 0 Å². The molecule has 2 N–H and O–H groups in total. The molecular weight excluding hydrogens is 293 g/mol. The first-order chi connectivity index (χ1) is 6.74. The second-order valence-electron chi connectivity index (χ2n) is 2.69. The van der Waals surface area contributed by atoms with Crippen LogP contribution in [0.4, 0.5) is 5.82 Å². The highest BCUT2D eigenvalue weighted by Crippen LogP contribution is 2.23. The fourth-order valence-corrected chi connectivity index (χ4v) is 1.57. The quantitative estimate of drug-likeness (QED) is 0.519. The normalized spacial score (nSPS) is 12.9. The molecule has 0 amide bonds. The fourth-order valence-electron chi connectivity index (χ4n) is 1.16. The van der Waals surface area contributed by atoms with Crippen LogP contribution >= 0.6 is 22.6 Å². The Balaban J connectivity index is 2.69. The summed E-state index contributed by atoms with van der Waals surface area (Å²) in [7, 11) is 0. The minimum absolute atomic E-state index is 0.117. The molecule has 0 bridgehead atoms. The van der Waals surface area contributed by atoms with Crippen molar-refractivity contribution in [2.24, 2.45) is 0 Å². The van der Waals surface area contributed by atoms with E-state index in [2.05, 4.69) is 44.1 Å². The lowest BCUT2D eigenvalue weighted by molar-refractivity contribution is 0.844. The average Bonchev–Trinajstić information content (AvgIpc) is 2.62. The number of nitrogens with two attached hydrogens (primary N) is 1. The van der Waals surface area contributed by atoms with E-state index in [1.54, 1.807) is 12.4 Å². The summed E-state index contributed by atoms with van der Waals surface area (Å²) in [6.45, 7) is 3.72. The van der Waals surface area contributed by atoms with Crippen LogP contribution in [0.15, 0.2) is 25.3 Å². The summed E-state index contributed by atoms with van der Waals surface area (Å²) < 4.78 is 2.01. The monoisotopic (exact) mass is 301 g/mol. The Hall–Kier alpha value is -1.18. The number of nitrogens with zero attached hydrogens (tertiary/aromatic N) is 4. The number of allylic oxidation sites excluding steroid dienone is 1. The molecule has 0 fully saturated rings. The van der Waals surface area contributed by atoms with Crippen LogP contribution < -0.4 is 5.73 Å². The Morgan fingerprint density at radius 1 is 1.50 bits per heavy atom. The van der Waals surface area contributed by atoms with Crippen molar-refractivity contribution < 1.29 is 0 Å². The van der Waals surface area contributed by atoms with Crippen LogP contribution in [0.25, 0.3) is 11.2 Å². The Labute approximate surface area is 94.2 Å². The third kappa shape index (κ3) is 1.35. The zero-order chi connectivity index (χ0) is 10.1. The highest BCUT2D eigenvalue weighted by Gasteiger charge is 2.10. The maximum Gasteiger partial charge on any atom is 0.166 e. The van der Waals surface area contributed by atoms with Gasteiger partial charge in [0.25, 0.3) is 0 Å². The smallest absolute Gasteiger partial charge is 0.166 e. The van der Waals surface area contributed by atoms with Crippen molar-refractivity contribution >= 4 is 39.6 Å². The van der Waals surface area contributed by atoms with Crippen LogP contribution in [0.1, 0.15) is 4.05 Å². The van der Waals surface area contributed by atoms with E-state index in [0.29, 0.717) is 11.3 Å². The van der Waals surface area contributed by atoms with E-state index in [0.717, 1.165) is 5.65 Å². The van der Waals surface area contributed by atoms with E-state index in [-0.39, 0.29) is 4.05 Å². The van der Waals surface area contributed by atoms with Crippen LogP contribution in [0, 0.1) is 0 Å². The number of aromatic nitrogens is 4. The zero-order valence-corrected chi connectivity index (χ0v) is 9.42. The molecule has 0 aliphatic rings. The molecule has 2 rings (SSSR count). The van der Waals surface area contributed by atoms with Gasteiger partial charge in [-0.2, -0.15) is 0 Å². The summed E-state index contributed by atoms with van der Waals surface area (Å²) in [5.41, 5.74) is 7.02. The maximum absolute atomic E-state index is 5.66. The molecule has 0 aromatic carbocycles. The number of hydrogen-bond acceptors (Lipinski definition) is 4. The minimum Gasteiger partial charge on any atom is -0.382 e. The molecule has 14 heavy (non-hydrogen) atoms. The number of hydrogen-bond donors (Lipinski definition) is 1.